The summed E-state index contributed by atoms with van der Waals surface area (Å²) in [5.74, 6) is 0.460. The lowest BCUT2D eigenvalue weighted by atomic mass is 10.2. The number of nitrogens with zero attached hydrogens (tertiary/aromatic N) is 3. The minimum Gasteiger partial charge on any atom is -0.398 e. The maximum atomic E-state index is 11.8. The number of sulfone groups is 1. The Labute approximate surface area is 122 Å². The minimum atomic E-state index is -3.37. The van der Waals surface area contributed by atoms with E-state index in [4.69, 9.17) is 17.3 Å². The van der Waals surface area contributed by atoms with Crippen LogP contribution >= 0.6 is 11.6 Å². The Morgan fingerprint density at radius 1 is 1.30 bits per heavy atom. The fraction of sp³-hybridized carbons (Fsp3) is 0.333. The molecule has 2 aromatic heterocycles. The van der Waals surface area contributed by atoms with E-state index in [-0.39, 0.29) is 16.2 Å². The zero-order chi connectivity index (χ0) is 15.1. The van der Waals surface area contributed by atoms with Crippen molar-refractivity contribution in [1.82, 2.24) is 14.5 Å². The summed E-state index contributed by atoms with van der Waals surface area (Å²) in [7, 11) is -3.37. The Balaban J connectivity index is 2.73. The van der Waals surface area contributed by atoms with Gasteiger partial charge in [0.05, 0.1) is 11.8 Å². The van der Waals surface area contributed by atoms with Crippen molar-refractivity contribution in [3.63, 3.8) is 0 Å². The molecule has 6 nitrogen and oxygen atoms in total. The average Bonchev–Trinajstić information content (AvgIpc) is 2.72. The fourth-order valence-corrected chi connectivity index (χ4v) is 3.01. The zero-order valence-corrected chi connectivity index (χ0v) is 12.9. The van der Waals surface area contributed by atoms with Gasteiger partial charge in [-0.05, 0) is 19.9 Å². The van der Waals surface area contributed by atoms with Crippen molar-refractivity contribution in [3.8, 4) is 11.4 Å². The summed E-state index contributed by atoms with van der Waals surface area (Å²) in [6.07, 6.45) is 3.97. The van der Waals surface area contributed by atoms with E-state index in [2.05, 4.69) is 9.97 Å². The van der Waals surface area contributed by atoms with Crippen LogP contribution in [-0.2, 0) is 9.84 Å². The Hall–Kier alpha value is -1.60. The molecule has 0 aliphatic heterocycles. The average molecular weight is 315 g/mol. The van der Waals surface area contributed by atoms with Crippen molar-refractivity contribution in [2.45, 2.75) is 24.9 Å². The molecule has 0 atom stereocenters. The van der Waals surface area contributed by atoms with Gasteiger partial charge in [0.25, 0.3) is 0 Å². The molecule has 0 aromatic carbocycles. The molecule has 0 unspecified atom stereocenters. The highest BCUT2D eigenvalue weighted by atomic mass is 35.5. The van der Waals surface area contributed by atoms with E-state index in [1.807, 2.05) is 13.8 Å². The normalized spacial score (nSPS) is 12.1. The van der Waals surface area contributed by atoms with E-state index >= 15 is 0 Å². The molecule has 2 aromatic rings. The second-order valence-electron chi connectivity index (χ2n) is 4.75. The fourth-order valence-electron chi connectivity index (χ4n) is 1.95. The monoisotopic (exact) mass is 314 g/mol. The van der Waals surface area contributed by atoms with Gasteiger partial charge in [0.1, 0.15) is 11.0 Å². The number of nitrogen functional groups attached to an aromatic ring is 1. The summed E-state index contributed by atoms with van der Waals surface area (Å²) < 4.78 is 25.2. The summed E-state index contributed by atoms with van der Waals surface area (Å²) in [5, 5.41) is 0.425. The molecular formula is C12H15ClN4O2S. The number of rotatable bonds is 3. The summed E-state index contributed by atoms with van der Waals surface area (Å²) in [6, 6.07) is 1.42. The second kappa shape index (κ2) is 5.06. The van der Waals surface area contributed by atoms with Gasteiger partial charge >= 0.3 is 0 Å². The maximum Gasteiger partial charge on any atom is 0.192 e. The van der Waals surface area contributed by atoms with E-state index in [0.29, 0.717) is 17.1 Å². The van der Waals surface area contributed by atoms with Gasteiger partial charge < -0.3 is 10.3 Å². The quantitative estimate of drug-likeness (QED) is 0.877. The molecule has 0 bridgehead atoms. The van der Waals surface area contributed by atoms with Gasteiger partial charge in [0.2, 0.25) is 0 Å². The van der Waals surface area contributed by atoms with Gasteiger partial charge in [-0.1, -0.05) is 11.6 Å². The molecule has 0 saturated heterocycles. The number of hydrogen-bond donors (Lipinski definition) is 1. The van der Waals surface area contributed by atoms with Gasteiger partial charge in [-0.3, -0.25) is 0 Å². The van der Waals surface area contributed by atoms with Crippen molar-refractivity contribution in [3.05, 3.63) is 23.6 Å². The molecule has 2 rings (SSSR count). The number of aromatic nitrogens is 3. The predicted octanol–water partition coefficient (Wildman–Crippen LogP) is 2.17. The molecule has 0 radical (unpaired) electrons. The van der Waals surface area contributed by atoms with Gasteiger partial charge in [-0.25, -0.2) is 18.4 Å². The van der Waals surface area contributed by atoms with Crippen LogP contribution < -0.4 is 5.73 Å². The van der Waals surface area contributed by atoms with E-state index in [1.165, 1.54) is 18.5 Å². The zero-order valence-electron chi connectivity index (χ0n) is 11.3. The van der Waals surface area contributed by atoms with Gasteiger partial charge in [0, 0.05) is 24.2 Å². The Kier molecular flexibility index (Phi) is 3.75. The number of imidazole rings is 1. The topological polar surface area (TPSA) is 90.9 Å². The van der Waals surface area contributed by atoms with Gasteiger partial charge in [-0.15, -0.1) is 0 Å². The van der Waals surface area contributed by atoms with Crippen LogP contribution in [0, 0.1) is 0 Å². The number of hydrogen-bond acceptors (Lipinski definition) is 5. The maximum absolute atomic E-state index is 11.8. The summed E-state index contributed by atoms with van der Waals surface area (Å²) in [5.41, 5.74) is 6.87. The largest absolute Gasteiger partial charge is 0.398 e. The van der Waals surface area contributed by atoms with Crippen molar-refractivity contribution in [1.29, 1.82) is 0 Å². The van der Waals surface area contributed by atoms with Crippen LogP contribution in [0.3, 0.4) is 0 Å². The van der Waals surface area contributed by atoms with Crippen LogP contribution in [0.15, 0.2) is 23.5 Å². The predicted molar refractivity (Wildman–Crippen MR) is 78.4 cm³/mol. The van der Waals surface area contributed by atoms with Crippen molar-refractivity contribution < 1.29 is 8.42 Å². The molecule has 0 saturated carbocycles. The van der Waals surface area contributed by atoms with Crippen LogP contribution in [0.1, 0.15) is 19.9 Å². The third-order valence-electron chi connectivity index (χ3n) is 2.80. The van der Waals surface area contributed by atoms with Crippen molar-refractivity contribution >= 4 is 27.1 Å². The highest BCUT2D eigenvalue weighted by Crippen LogP contribution is 2.30. The molecule has 108 valence electrons. The molecule has 2 heterocycles. The number of nitrogens with two attached hydrogens (primary N) is 1. The third kappa shape index (κ3) is 2.64. The van der Waals surface area contributed by atoms with Gasteiger partial charge in [0.15, 0.2) is 14.9 Å². The van der Waals surface area contributed by atoms with E-state index in [9.17, 15) is 8.42 Å². The molecule has 0 aliphatic carbocycles. The first-order chi connectivity index (χ1) is 9.21. The highest BCUT2D eigenvalue weighted by molar-refractivity contribution is 7.90. The smallest absolute Gasteiger partial charge is 0.192 e. The third-order valence-corrected chi connectivity index (χ3v) is 4.07. The molecule has 2 N–H and O–H groups in total. The Bertz CT molecular complexity index is 753. The lowest BCUT2D eigenvalue weighted by Crippen LogP contribution is -2.12. The SMILES string of the molecule is CC(C)n1c(S(C)(=O)=O)cnc1-c1cnc(Cl)cc1N. The Morgan fingerprint density at radius 3 is 2.45 bits per heavy atom. The van der Waals surface area contributed by atoms with E-state index in [0.717, 1.165) is 6.26 Å². The molecule has 0 aliphatic rings. The molecule has 0 amide bonds. The summed E-state index contributed by atoms with van der Waals surface area (Å²) in [6.45, 7) is 3.75. The minimum absolute atomic E-state index is 0.0905. The van der Waals surface area contributed by atoms with Crippen molar-refractivity contribution in [2.24, 2.45) is 0 Å². The number of anilines is 1. The molecular weight excluding hydrogens is 300 g/mol. The van der Waals surface area contributed by atoms with E-state index in [1.54, 1.807) is 4.57 Å². The first kappa shape index (κ1) is 14.8. The molecule has 20 heavy (non-hydrogen) atoms. The lowest BCUT2D eigenvalue weighted by Gasteiger charge is -2.15. The van der Waals surface area contributed by atoms with Crippen molar-refractivity contribution in [2.75, 3.05) is 12.0 Å². The number of pyridine rings is 1. The second-order valence-corrected chi connectivity index (χ2v) is 7.10. The number of halogens is 1. The molecule has 0 fully saturated rings. The van der Waals surface area contributed by atoms with Crippen LogP contribution in [-0.4, -0.2) is 29.2 Å². The summed E-state index contributed by atoms with van der Waals surface area (Å²) in [4.78, 5) is 8.16. The standard InChI is InChI=1S/C12H15ClN4O2S/c1-7(2)17-11(20(3,18)19)6-16-12(17)8-5-15-10(13)4-9(8)14/h4-7H,1-3H3,(H2,14,15). The summed E-state index contributed by atoms with van der Waals surface area (Å²) >= 11 is 5.77. The molecule has 0 spiro atoms. The Morgan fingerprint density at radius 2 is 1.95 bits per heavy atom. The van der Waals surface area contributed by atoms with Crippen LogP contribution in [0.25, 0.3) is 11.4 Å². The van der Waals surface area contributed by atoms with E-state index < -0.39 is 9.84 Å². The van der Waals surface area contributed by atoms with Crippen LogP contribution in [0.4, 0.5) is 5.69 Å². The lowest BCUT2D eigenvalue weighted by molar-refractivity contribution is 0.539. The molecule has 8 heteroatoms. The van der Waals surface area contributed by atoms with Crippen LogP contribution in [0.5, 0.6) is 0 Å². The van der Waals surface area contributed by atoms with Gasteiger partial charge in [-0.2, -0.15) is 0 Å². The highest BCUT2D eigenvalue weighted by Gasteiger charge is 2.22. The van der Waals surface area contributed by atoms with Crippen LogP contribution in [0.2, 0.25) is 5.15 Å². The first-order valence-corrected chi connectivity index (χ1v) is 8.17. The first-order valence-electron chi connectivity index (χ1n) is 5.90.